The quantitative estimate of drug-likeness (QED) is 0.662. The Hall–Kier alpha value is -1.05. The average Bonchev–Trinajstić information content (AvgIpc) is 2.55. The van der Waals surface area contributed by atoms with Gasteiger partial charge in [0.1, 0.15) is 16.8 Å². The summed E-state index contributed by atoms with van der Waals surface area (Å²) < 4.78 is 13.9. The molecule has 0 amide bonds. The van der Waals surface area contributed by atoms with Gasteiger partial charge in [0.15, 0.2) is 0 Å². The summed E-state index contributed by atoms with van der Waals surface area (Å²) in [6.45, 7) is 0. The van der Waals surface area contributed by atoms with E-state index in [1.54, 1.807) is 12.1 Å². The summed E-state index contributed by atoms with van der Waals surface area (Å²) in [6, 6.07) is 6.71. The van der Waals surface area contributed by atoms with Gasteiger partial charge < -0.3 is 0 Å². The Kier molecular flexibility index (Phi) is 1.98. The normalized spacial score (nSPS) is 10.2. The van der Waals surface area contributed by atoms with Crippen molar-refractivity contribution in [1.82, 2.24) is 0 Å². The van der Waals surface area contributed by atoms with E-state index in [1.165, 1.54) is 17.4 Å². The van der Waals surface area contributed by atoms with Gasteiger partial charge in [0.25, 0.3) is 0 Å². The van der Waals surface area contributed by atoms with Crippen LogP contribution in [0.5, 0.6) is 0 Å². The topological polar surface area (TPSA) is 23.8 Å². The summed E-state index contributed by atoms with van der Waals surface area (Å²) in [5, 5.41) is 9.35. The Balaban J connectivity index is 2.86. The van der Waals surface area contributed by atoms with Gasteiger partial charge in [-0.25, -0.2) is 4.39 Å². The zero-order chi connectivity index (χ0) is 9.42. The highest BCUT2D eigenvalue weighted by atomic mass is 32.1. The van der Waals surface area contributed by atoms with Gasteiger partial charge >= 0.3 is 0 Å². The van der Waals surface area contributed by atoms with E-state index in [-0.39, 0.29) is 5.82 Å². The summed E-state index contributed by atoms with van der Waals surface area (Å²) in [4.78, 5) is 0.895. The highest BCUT2D eigenvalue weighted by molar-refractivity contribution is 7.80. The second kappa shape index (κ2) is 3.02. The molecule has 0 N–H and O–H groups in total. The largest absolute Gasteiger partial charge is 0.206 e. The summed E-state index contributed by atoms with van der Waals surface area (Å²) in [7, 11) is 0. The van der Waals surface area contributed by atoms with E-state index in [0.29, 0.717) is 15.2 Å². The Morgan fingerprint density at radius 3 is 2.92 bits per heavy atom. The zero-order valence-electron chi connectivity index (χ0n) is 6.41. The minimum Gasteiger partial charge on any atom is -0.206 e. The van der Waals surface area contributed by atoms with Crippen LogP contribution in [0.4, 0.5) is 4.39 Å². The van der Waals surface area contributed by atoms with Crippen molar-refractivity contribution in [3.8, 4) is 6.07 Å². The van der Waals surface area contributed by atoms with Gasteiger partial charge in [-0.05, 0) is 18.2 Å². The highest BCUT2D eigenvalue weighted by Crippen LogP contribution is 2.31. The number of thiol groups is 1. The number of halogens is 1. The van der Waals surface area contributed by atoms with Crippen LogP contribution in [-0.2, 0) is 0 Å². The van der Waals surface area contributed by atoms with Gasteiger partial charge in [-0.3, -0.25) is 0 Å². The van der Waals surface area contributed by atoms with Crippen LogP contribution in [0.2, 0.25) is 0 Å². The van der Waals surface area contributed by atoms with Crippen LogP contribution in [-0.4, -0.2) is 0 Å². The molecule has 2 aromatic rings. The molecule has 13 heavy (non-hydrogen) atoms. The third kappa shape index (κ3) is 1.30. The van der Waals surface area contributed by atoms with Crippen LogP contribution in [0.15, 0.2) is 23.1 Å². The lowest BCUT2D eigenvalue weighted by Crippen LogP contribution is -1.75. The number of nitrogens with zero attached hydrogens (tertiary/aromatic N) is 1. The molecular formula is C9H4FNS2. The van der Waals surface area contributed by atoms with Crippen LogP contribution in [0.3, 0.4) is 0 Å². The molecule has 2 rings (SSSR count). The molecule has 1 aromatic heterocycles. The molecular weight excluding hydrogens is 205 g/mol. The van der Waals surface area contributed by atoms with E-state index in [0.717, 1.165) is 4.70 Å². The molecule has 0 bridgehead atoms. The maximum absolute atomic E-state index is 13.0. The van der Waals surface area contributed by atoms with Crippen molar-refractivity contribution in [3.63, 3.8) is 0 Å². The lowest BCUT2D eigenvalue weighted by Gasteiger charge is -1.94. The number of thiophene rings is 1. The molecule has 0 radical (unpaired) electrons. The van der Waals surface area contributed by atoms with Gasteiger partial charge in [0.05, 0.1) is 0 Å². The molecule has 0 saturated heterocycles. The third-order valence-electron chi connectivity index (χ3n) is 1.73. The van der Waals surface area contributed by atoms with Crippen LogP contribution >= 0.6 is 24.0 Å². The fourth-order valence-corrected chi connectivity index (χ4v) is 2.33. The van der Waals surface area contributed by atoms with Crippen molar-refractivity contribution >= 4 is 34.1 Å². The smallest absolute Gasteiger partial charge is 0.137 e. The minimum absolute atomic E-state index is 0.315. The minimum atomic E-state index is -0.349. The van der Waals surface area contributed by atoms with Gasteiger partial charge in [-0.1, -0.05) is 0 Å². The monoisotopic (exact) mass is 209 g/mol. The van der Waals surface area contributed by atoms with Crippen LogP contribution in [0.1, 0.15) is 4.88 Å². The standard InChI is InChI=1S/C9H4FNS2/c10-7-1-2-8-6(9(7)12)3-5(4-11)13-8/h1-3,12H. The van der Waals surface area contributed by atoms with Crippen molar-refractivity contribution in [1.29, 1.82) is 5.26 Å². The Morgan fingerprint density at radius 1 is 1.46 bits per heavy atom. The zero-order valence-corrected chi connectivity index (χ0v) is 8.12. The number of rotatable bonds is 0. The third-order valence-corrected chi connectivity index (χ3v) is 3.19. The molecule has 0 aliphatic heterocycles. The molecule has 0 aliphatic rings. The molecule has 0 fully saturated rings. The molecule has 1 aromatic carbocycles. The van der Waals surface area contributed by atoms with Gasteiger partial charge in [-0.2, -0.15) is 5.26 Å². The Bertz CT molecular complexity index is 510. The molecule has 0 unspecified atom stereocenters. The van der Waals surface area contributed by atoms with Crippen molar-refractivity contribution in [2.75, 3.05) is 0 Å². The van der Waals surface area contributed by atoms with E-state index in [4.69, 9.17) is 5.26 Å². The fraction of sp³-hybridized carbons (Fsp3) is 0. The maximum Gasteiger partial charge on any atom is 0.137 e. The summed E-state index contributed by atoms with van der Waals surface area (Å²) >= 11 is 5.38. The SMILES string of the molecule is N#Cc1cc2c(S)c(F)ccc2s1. The molecule has 4 heteroatoms. The van der Waals surface area contributed by atoms with Gasteiger partial charge in [0, 0.05) is 15.0 Å². The average molecular weight is 209 g/mol. The summed E-state index contributed by atoms with van der Waals surface area (Å²) in [5.74, 6) is -0.349. The van der Waals surface area contributed by atoms with Gasteiger partial charge in [0.2, 0.25) is 0 Å². The molecule has 1 heterocycles. The van der Waals surface area contributed by atoms with E-state index < -0.39 is 0 Å². The predicted molar refractivity (Wildman–Crippen MR) is 53.8 cm³/mol. The van der Waals surface area contributed by atoms with Crippen molar-refractivity contribution < 1.29 is 4.39 Å². The first kappa shape index (κ1) is 8.54. The van der Waals surface area contributed by atoms with Crippen LogP contribution in [0.25, 0.3) is 10.1 Å². The van der Waals surface area contributed by atoms with Crippen LogP contribution in [0, 0.1) is 17.1 Å². The lowest BCUT2D eigenvalue weighted by molar-refractivity contribution is 0.606. The molecule has 0 atom stereocenters. The van der Waals surface area contributed by atoms with Crippen molar-refractivity contribution in [2.24, 2.45) is 0 Å². The number of hydrogen-bond donors (Lipinski definition) is 1. The molecule has 0 aliphatic carbocycles. The van der Waals surface area contributed by atoms with Crippen LogP contribution < -0.4 is 0 Å². The van der Waals surface area contributed by atoms with Crippen molar-refractivity contribution in [3.05, 3.63) is 28.9 Å². The number of nitriles is 1. The highest BCUT2D eigenvalue weighted by Gasteiger charge is 2.07. The van der Waals surface area contributed by atoms with Crippen molar-refractivity contribution in [2.45, 2.75) is 4.90 Å². The molecule has 1 nitrogen and oxygen atoms in total. The lowest BCUT2D eigenvalue weighted by atomic mass is 10.2. The summed E-state index contributed by atoms with van der Waals surface area (Å²) in [5.41, 5.74) is 0. The van der Waals surface area contributed by atoms with E-state index in [1.807, 2.05) is 6.07 Å². The number of hydrogen-bond acceptors (Lipinski definition) is 3. The second-order valence-corrected chi connectivity index (χ2v) is 4.06. The number of fused-ring (bicyclic) bond motifs is 1. The Labute approximate surface area is 83.8 Å². The van der Waals surface area contributed by atoms with E-state index in [2.05, 4.69) is 12.6 Å². The second-order valence-electron chi connectivity index (χ2n) is 2.53. The Morgan fingerprint density at radius 2 is 2.23 bits per heavy atom. The van der Waals surface area contributed by atoms with E-state index >= 15 is 0 Å². The predicted octanol–water partition coefficient (Wildman–Crippen LogP) is 3.20. The summed E-state index contributed by atoms with van der Waals surface area (Å²) in [6.07, 6.45) is 0. The maximum atomic E-state index is 13.0. The number of benzene rings is 1. The first-order chi connectivity index (χ1) is 6.22. The van der Waals surface area contributed by atoms with Gasteiger partial charge in [-0.15, -0.1) is 24.0 Å². The fourth-order valence-electron chi connectivity index (χ4n) is 1.13. The van der Waals surface area contributed by atoms with E-state index in [9.17, 15) is 4.39 Å². The first-order valence-electron chi connectivity index (χ1n) is 3.53. The molecule has 0 saturated carbocycles. The molecule has 0 spiro atoms. The molecule has 64 valence electrons. The first-order valence-corrected chi connectivity index (χ1v) is 4.80.